The molecule has 2 aromatic carbocycles. The van der Waals surface area contributed by atoms with Gasteiger partial charge in [-0.1, -0.05) is 31.2 Å². The molecule has 0 saturated carbocycles. The van der Waals surface area contributed by atoms with Crippen LogP contribution in [0.3, 0.4) is 0 Å². The number of benzene rings is 2. The first-order valence-electron chi connectivity index (χ1n) is 8.20. The molecule has 1 aromatic heterocycles. The Morgan fingerprint density at radius 2 is 1.88 bits per heavy atom. The molecule has 0 saturated heterocycles. The number of aromatic nitrogens is 1. The van der Waals surface area contributed by atoms with Crippen LogP contribution in [-0.2, 0) is 6.61 Å². The van der Waals surface area contributed by atoms with Gasteiger partial charge < -0.3 is 19.0 Å². The molecule has 0 radical (unpaired) electrons. The Morgan fingerprint density at radius 1 is 1.12 bits per heavy atom. The minimum Gasteiger partial charge on any atom is -0.496 e. The molecule has 0 amide bonds. The summed E-state index contributed by atoms with van der Waals surface area (Å²) in [5, 5.41) is 9.81. The van der Waals surface area contributed by atoms with Crippen molar-refractivity contribution in [3.05, 3.63) is 66.2 Å². The Labute approximate surface area is 146 Å². The van der Waals surface area contributed by atoms with Crippen molar-refractivity contribution in [3.63, 3.8) is 0 Å². The first-order valence-corrected chi connectivity index (χ1v) is 8.20. The number of oxazole rings is 1. The summed E-state index contributed by atoms with van der Waals surface area (Å²) in [7, 11) is 1.62. The Balaban J connectivity index is 1.66. The molecule has 0 spiro atoms. The summed E-state index contributed by atoms with van der Waals surface area (Å²) in [4.78, 5) is 4.25. The van der Waals surface area contributed by atoms with E-state index >= 15 is 0 Å². The first-order chi connectivity index (χ1) is 12.2. The van der Waals surface area contributed by atoms with Gasteiger partial charge in [0.2, 0.25) is 5.89 Å². The van der Waals surface area contributed by atoms with E-state index in [1.54, 1.807) is 13.3 Å². The Morgan fingerprint density at radius 3 is 2.60 bits per heavy atom. The van der Waals surface area contributed by atoms with Crippen molar-refractivity contribution >= 4 is 0 Å². The minimum atomic E-state index is -0.441. The Bertz CT molecular complexity index is 811. The van der Waals surface area contributed by atoms with Crippen LogP contribution in [-0.4, -0.2) is 17.2 Å². The molecule has 25 heavy (non-hydrogen) atoms. The van der Waals surface area contributed by atoms with E-state index < -0.39 is 6.10 Å². The SMILES string of the molecule is CCC(O)c1ccc(OCc2ncc(-c3ccccc3OC)o2)cc1. The third-order valence-electron chi connectivity index (χ3n) is 3.94. The molecular formula is C20H21NO4. The molecule has 0 aliphatic carbocycles. The van der Waals surface area contributed by atoms with Crippen LogP contribution in [0, 0.1) is 0 Å². The summed E-state index contributed by atoms with van der Waals surface area (Å²) in [6.07, 6.45) is 1.91. The van der Waals surface area contributed by atoms with Gasteiger partial charge in [0.15, 0.2) is 12.4 Å². The summed E-state index contributed by atoms with van der Waals surface area (Å²) < 4.78 is 16.8. The van der Waals surface area contributed by atoms with Gasteiger partial charge in [-0.3, -0.25) is 0 Å². The average molecular weight is 339 g/mol. The van der Waals surface area contributed by atoms with Gasteiger partial charge in [-0.2, -0.15) is 0 Å². The summed E-state index contributed by atoms with van der Waals surface area (Å²) in [5.41, 5.74) is 1.73. The first kappa shape index (κ1) is 17.0. The van der Waals surface area contributed by atoms with Crippen LogP contribution >= 0.6 is 0 Å². The van der Waals surface area contributed by atoms with E-state index in [-0.39, 0.29) is 6.61 Å². The number of aliphatic hydroxyl groups excluding tert-OH is 1. The van der Waals surface area contributed by atoms with Crippen molar-refractivity contribution in [2.75, 3.05) is 7.11 Å². The molecule has 1 heterocycles. The highest BCUT2D eigenvalue weighted by Crippen LogP contribution is 2.30. The molecule has 1 atom stereocenters. The lowest BCUT2D eigenvalue weighted by Crippen LogP contribution is -1.97. The number of nitrogens with zero attached hydrogens (tertiary/aromatic N) is 1. The number of ether oxygens (including phenoxy) is 2. The molecule has 0 bridgehead atoms. The van der Waals surface area contributed by atoms with Crippen molar-refractivity contribution < 1.29 is 19.0 Å². The zero-order chi connectivity index (χ0) is 17.6. The van der Waals surface area contributed by atoms with Crippen molar-refractivity contribution in [2.45, 2.75) is 26.1 Å². The fraction of sp³-hybridized carbons (Fsp3) is 0.250. The minimum absolute atomic E-state index is 0.227. The molecule has 5 nitrogen and oxygen atoms in total. The zero-order valence-corrected chi connectivity index (χ0v) is 14.3. The predicted molar refractivity (Wildman–Crippen MR) is 94.5 cm³/mol. The number of hydrogen-bond donors (Lipinski definition) is 1. The number of para-hydroxylation sites is 1. The molecular weight excluding hydrogens is 318 g/mol. The highest BCUT2D eigenvalue weighted by molar-refractivity contribution is 5.64. The van der Waals surface area contributed by atoms with Gasteiger partial charge in [0.05, 0.1) is 25.0 Å². The lowest BCUT2D eigenvalue weighted by Gasteiger charge is -2.09. The van der Waals surface area contributed by atoms with Gasteiger partial charge in [-0.15, -0.1) is 0 Å². The largest absolute Gasteiger partial charge is 0.496 e. The lowest BCUT2D eigenvalue weighted by molar-refractivity contribution is 0.173. The van der Waals surface area contributed by atoms with Crippen LogP contribution < -0.4 is 9.47 Å². The monoisotopic (exact) mass is 339 g/mol. The molecule has 130 valence electrons. The molecule has 1 N–H and O–H groups in total. The van der Waals surface area contributed by atoms with Crippen LogP contribution in [0.4, 0.5) is 0 Å². The second-order valence-electron chi connectivity index (χ2n) is 5.60. The van der Waals surface area contributed by atoms with Crippen LogP contribution in [0.5, 0.6) is 11.5 Å². The molecule has 5 heteroatoms. The number of rotatable bonds is 7. The van der Waals surface area contributed by atoms with Crippen molar-refractivity contribution in [1.29, 1.82) is 0 Å². The summed E-state index contributed by atoms with van der Waals surface area (Å²) in [6.45, 7) is 2.17. The second-order valence-corrected chi connectivity index (χ2v) is 5.60. The normalized spacial score (nSPS) is 12.0. The van der Waals surface area contributed by atoms with E-state index in [1.165, 1.54) is 0 Å². The molecule has 3 rings (SSSR count). The fourth-order valence-electron chi connectivity index (χ4n) is 2.52. The van der Waals surface area contributed by atoms with Crippen LogP contribution in [0.1, 0.15) is 30.9 Å². The lowest BCUT2D eigenvalue weighted by atomic mass is 10.1. The maximum atomic E-state index is 9.81. The van der Waals surface area contributed by atoms with Crippen LogP contribution in [0.25, 0.3) is 11.3 Å². The van der Waals surface area contributed by atoms with Crippen LogP contribution in [0.15, 0.2) is 59.1 Å². The van der Waals surface area contributed by atoms with Gasteiger partial charge in [0.25, 0.3) is 0 Å². The van der Waals surface area contributed by atoms with E-state index in [0.29, 0.717) is 23.8 Å². The second kappa shape index (κ2) is 7.85. The average Bonchev–Trinajstić information content (AvgIpc) is 3.15. The summed E-state index contributed by atoms with van der Waals surface area (Å²) >= 11 is 0. The summed E-state index contributed by atoms with van der Waals surface area (Å²) in [6, 6.07) is 15.0. The summed E-state index contributed by atoms with van der Waals surface area (Å²) in [5.74, 6) is 2.55. The van der Waals surface area contributed by atoms with Gasteiger partial charge in [0, 0.05) is 0 Å². The Kier molecular flexibility index (Phi) is 5.36. The molecule has 0 aliphatic heterocycles. The third kappa shape index (κ3) is 4.00. The van der Waals surface area contributed by atoms with Gasteiger partial charge in [-0.05, 0) is 36.2 Å². The predicted octanol–water partition coefficient (Wildman–Crippen LogP) is 4.37. The van der Waals surface area contributed by atoms with Gasteiger partial charge in [0.1, 0.15) is 11.5 Å². The molecule has 0 fully saturated rings. The molecule has 1 unspecified atom stereocenters. The number of hydrogen-bond acceptors (Lipinski definition) is 5. The highest BCUT2D eigenvalue weighted by atomic mass is 16.5. The van der Waals surface area contributed by atoms with Gasteiger partial charge in [-0.25, -0.2) is 4.98 Å². The quantitative estimate of drug-likeness (QED) is 0.692. The van der Waals surface area contributed by atoms with Gasteiger partial charge >= 0.3 is 0 Å². The highest BCUT2D eigenvalue weighted by Gasteiger charge is 2.11. The molecule has 3 aromatic rings. The standard InChI is InChI=1S/C20H21NO4/c1-3-17(22)14-8-10-15(11-9-14)24-13-20-21-12-19(25-20)16-6-4-5-7-18(16)23-2/h4-12,17,22H,3,13H2,1-2H3. The third-order valence-corrected chi connectivity index (χ3v) is 3.94. The number of aliphatic hydroxyl groups is 1. The maximum Gasteiger partial charge on any atom is 0.232 e. The number of methoxy groups -OCH3 is 1. The Hall–Kier alpha value is -2.79. The van der Waals surface area contributed by atoms with E-state index in [4.69, 9.17) is 13.9 Å². The smallest absolute Gasteiger partial charge is 0.232 e. The van der Waals surface area contributed by atoms with E-state index in [9.17, 15) is 5.11 Å². The van der Waals surface area contributed by atoms with Crippen molar-refractivity contribution in [2.24, 2.45) is 0 Å². The van der Waals surface area contributed by atoms with E-state index in [0.717, 1.165) is 16.9 Å². The maximum absolute atomic E-state index is 9.81. The topological polar surface area (TPSA) is 64.7 Å². The van der Waals surface area contributed by atoms with E-state index in [2.05, 4.69) is 4.98 Å². The molecule has 0 aliphatic rings. The van der Waals surface area contributed by atoms with Crippen LogP contribution in [0.2, 0.25) is 0 Å². The van der Waals surface area contributed by atoms with Crippen molar-refractivity contribution in [3.8, 4) is 22.8 Å². The fourth-order valence-corrected chi connectivity index (χ4v) is 2.52. The van der Waals surface area contributed by atoms with E-state index in [1.807, 2.05) is 55.5 Å². The zero-order valence-electron chi connectivity index (χ0n) is 14.3. The van der Waals surface area contributed by atoms with Crippen molar-refractivity contribution in [1.82, 2.24) is 4.98 Å².